The average Bonchev–Trinajstić information content (AvgIpc) is 2.56. The van der Waals surface area contributed by atoms with Gasteiger partial charge in [0.2, 0.25) is 5.91 Å². The number of rotatable bonds is 4. The lowest BCUT2D eigenvalue weighted by atomic mass is 9.94. The minimum Gasteiger partial charge on any atom is -0.352 e. The van der Waals surface area contributed by atoms with Crippen LogP contribution in [0.25, 0.3) is 10.8 Å². The van der Waals surface area contributed by atoms with Gasteiger partial charge in [-0.1, -0.05) is 31.2 Å². The third kappa shape index (κ3) is 2.59. The van der Waals surface area contributed by atoms with Gasteiger partial charge < -0.3 is 5.32 Å². The van der Waals surface area contributed by atoms with E-state index in [9.17, 15) is 14.4 Å². The predicted octanol–water partition coefficient (Wildman–Crippen LogP) is 2.35. The van der Waals surface area contributed by atoms with Gasteiger partial charge >= 0.3 is 0 Å². The van der Waals surface area contributed by atoms with Gasteiger partial charge in [0.25, 0.3) is 11.8 Å². The van der Waals surface area contributed by atoms with Crippen LogP contribution in [0.4, 0.5) is 0 Å². The van der Waals surface area contributed by atoms with E-state index in [2.05, 4.69) is 5.32 Å². The molecule has 2 aromatic carbocycles. The number of hydrogen-bond acceptors (Lipinski definition) is 3. The third-order valence-corrected chi connectivity index (χ3v) is 4.18. The zero-order chi connectivity index (χ0) is 16.6. The number of amides is 3. The molecule has 0 aromatic heterocycles. The van der Waals surface area contributed by atoms with Gasteiger partial charge in [0.05, 0.1) is 0 Å². The van der Waals surface area contributed by atoms with E-state index in [4.69, 9.17) is 0 Å². The first-order valence-corrected chi connectivity index (χ1v) is 7.70. The molecular formula is C18H18N2O3. The highest BCUT2D eigenvalue weighted by Crippen LogP contribution is 2.29. The zero-order valence-electron chi connectivity index (χ0n) is 13.1. The van der Waals surface area contributed by atoms with Crippen LogP contribution in [0.2, 0.25) is 0 Å². The second kappa shape index (κ2) is 5.83. The Labute approximate surface area is 134 Å². The summed E-state index contributed by atoms with van der Waals surface area (Å²) in [5.74, 6) is -1.16. The highest BCUT2D eigenvalue weighted by atomic mass is 16.2. The van der Waals surface area contributed by atoms with Gasteiger partial charge in [-0.05, 0) is 30.9 Å². The minimum absolute atomic E-state index is 0.00760. The van der Waals surface area contributed by atoms with Crippen LogP contribution in [0.5, 0.6) is 0 Å². The van der Waals surface area contributed by atoms with Crippen LogP contribution in [0, 0.1) is 0 Å². The maximum Gasteiger partial charge on any atom is 0.261 e. The molecule has 0 fully saturated rings. The van der Waals surface area contributed by atoms with Crippen LogP contribution < -0.4 is 5.32 Å². The zero-order valence-corrected chi connectivity index (χ0v) is 13.1. The Kier molecular flexibility index (Phi) is 3.86. The molecule has 0 saturated carbocycles. The number of nitrogens with one attached hydrogen (secondary N) is 1. The molecule has 1 heterocycles. The van der Waals surface area contributed by atoms with Crippen LogP contribution in [-0.2, 0) is 4.79 Å². The lowest BCUT2D eigenvalue weighted by molar-refractivity contribution is -0.122. The van der Waals surface area contributed by atoms with Crippen molar-refractivity contribution in [3.05, 3.63) is 47.5 Å². The number of imide groups is 1. The first-order valence-electron chi connectivity index (χ1n) is 7.70. The summed E-state index contributed by atoms with van der Waals surface area (Å²) in [7, 11) is 0. The molecule has 0 radical (unpaired) electrons. The molecule has 3 rings (SSSR count). The lowest BCUT2D eigenvalue weighted by Gasteiger charge is -2.27. The smallest absolute Gasteiger partial charge is 0.261 e. The highest BCUT2D eigenvalue weighted by molar-refractivity contribution is 6.26. The summed E-state index contributed by atoms with van der Waals surface area (Å²) >= 11 is 0. The van der Waals surface area contributed by atoms with Gasteiger partial charge in [0.1, 0.15) is 6.54 Å². The van der Waals surface area contributed by atoms with E-state index in [-0.39, 0.29) is 18.5 Å². The van der Waals surface area contributed by atoms with Crippen molar-refractivity contribution in [2.45, 2.75) is 26.3 Å². The molecule has 5 heteroatoms. The number of hydrogen-bond donors (Lipinski definition) is 1. The van der Waals surface area contributed by atoms with Gasteiger partial charge in [-0.25, -0.2) is 0 Å². The second-order valence-corrected chi connectivity index (χ2v) is 5.78. The van der Waals surface area contributed by atoms with Gasteiger partial charge in [0.15, 0.2) is 0 Å². The van der Waals surface area contributed by atoms with E-state index >= 15 is 0 Å². The van der Waals surface area contributed by atoms with Gasteiger partial charge in [0, 0.05) is 22.6 Å². The van der Waals surface area contributed by atoms with Crippen molar-refractivity contribution in [3.8, 4) is 0 Å². The van der Waals surface area contributed by atoms with Crippen LogP contribution >= 0.6 is 0 Å². The van der Waals surface area contributed by atoms with E-state index in [0.29, 0.717) is 16.5 Å². The summed E-state index contributed by atoms with van der Waals surface area (Å²) in [5, 5.41) is 4.30. The summed E-state index contributed by atoms with van der Waals surface area (Å²) in [5.41, 5.74) is 0.933. The van der Waals surface area contributed by atoms with Crippen molar-refractivity contribution in [1.82, 2.24) is 10.2 Å². The first kappa shape index (κ1) is 15.2. The van der Waals surface area contributed by atoms with E-state index in [0.717, 1.165) is 16.7 Å². The molecule has 0 spiro atoms. The van der Waals surface area contributed by atoms with Crippen molar-refractivity contribution in [3.63, 3.8) is 0 Å². The molecule has 1 unspecified atom stereocenters. The molecule has 118 valence electrons. The van der Waals surface area contributed by atoms with Crippen LogP contribution in [0.3, 0.4) is 0 Å². The molecule has 0 saturated heterocycles. The van der Waals surface area contributed by atoms with Crippen LogP contribution in [0.1, 0.15) is 41.0 Å². The Hall–Kier alpha value is -2.69. The van der Waals surface area contributed by atoms with E-state index in [1.165, 1.54) is 0 Å². The number of carbonyl (C=O) groups excluding carboxylic acids is 3. The molecule has 23 heavy (non-hydrogen) atoms. The number of nitrogens with zero attached hydrogens (tertiary/aromatic N) is 1. The molecule has 1 aliphatic heterocycles. The number of carbonyl (C=O) groups is 3. The fourth-order valence-electron chi connectivity index (χ4n) is 2.79. The summed E-state index contributed by atoms with van der Waals surface area (Å²) in [6.07, 6.45) is 0.787. The normalized spacial score (nSPS) is 15.0. The molecule has 1 atom stereocenters. The second-order valence-electron chi connectivity index (χ2n) is 5.78. The molecule has 0 bridgehead atoms. The molecule has 1 aliphatic rings. The van der Waals surface area contributed by atoms with Crippen molar-refractivity contribution >= 4 is 28.5 Å². The average molecular weight is 310 g/mol. The predicted molar refractivity (Wildman–Crippen MR) is 87.2 cm³/mol. The molecule has 2 aromatic rings. The fourth-order valence-corrected chi connectivity index (χ4v) is 2.79. The van der Waals surface area contributed by atoms with E-state index in [1.807, 2.05) is 26.0 Å². The van der Waals surface area contributed by atoms with Gasteiger partial charge in [-0.3, -0.25) is 19.3 Å². The largest absolute Gasteiger partial charge is 0.352 e. The Bertz CT molecular complexity index is 762. The third-order valence-electron chi connectivity index (χ3n) is 4.18. The lowest BCUT2D eigenvalue weighted by Crippen LogP contribution is -2.47. The monoisotopic (exact) mass is 310 g/mol. The summed E-state index contributed by atoms with van der Waals surface area (Å²) < 4.78 is 0. The Balaban J connectivity index is 1.96. The fraction of sp³-hybridized carbons (Fsp3) is 0.278. The molecule has 3 amide bonds. The maximum atomic E-state index is 12.6. The van der Waals surface area contributed by atoms with Crippen LogP contribution in [0.15, 0.2) is 36.4 Å². The molecule has 1 N–H and O–H groups in total. The summed E-state index contributed by atoms with van der Waals surface area (Å²) in [6, 6.07) is 10.7. The standard InChI is InChI=1S/C18H18N2O3/c1-3-11(2)19-15(21)10-20-17(22)13-8-4-6-12-7-5-9-14(16(12)13)18(20)23/h4-9,11H,3,10H2,1-2H3,(H,19,21). The van der Waals surface area contributed by atoms with E-state index in [1.54, 1.807) is 24.3 Å². The van der Waals surface area contributed by atoms with Crippen molar-refractivity contribution in [1.29, 1.82) is 0 Å². The quantitative estimate of drug-likeness (QED) is 0.882. The molecular weight excluding hydrogens is 292 g/mol. The Morgan fingerprint density at radius 1 is 1.09 bits per heavy atom. The SMILES string of the molecule is CCC(C)NC(=O)CN1C(=O)c2cccc3cccc(c23)C1=O. The van der Waals surface area contributed by atoms with Gasteiger partial charge in [-0.15, -0.1) is 0 Å². The van der Waals surface area contributed by atoms with Gasteiger partial charge in [-0.2, -0.15) is 0 Å². The number of benzene rings is 2. The topological polar surface area (TPSA) is 66.5 Å². The summed E-state index contributed by atoms with van der Waals surface area (Å²) in [6.45, 7) is 3.58. The van der Waals surface area contributed by atoms with Crippen molar-refractivity contribution < 1.29 is 14.4 Å². The Morgan fingerprint density at radius 2 is 1.65 bits per heavy atom. The maximum absolute atomic E-state index is 12.6. The van der Waals surface area contributed by atoms with E-state index < -0.39 is 11.8 Å². The Morgan fingerprint density at radius 3 is 2.17 bits per heavy atom. The van der Waals surface area contributed by atoms with Crippen molar-refractivity contribution in [2.24, 2.45) is 0 Å². The first-order chi connectivity index (χ1) is 11.0. The molecule has 0 aliphatic carbocycles. The molecule has 5 nitrogen and oxygen atoms in total. The summed E-state index contributed by atoms with van der Waals surface area (Å²) in [4.78, 5) is 38.4. The van der Waals surface area contributed by atoms with Crippen LogP contribution in [-0.4, -0.2) is 35.2 Å². The highest BCUT2D eigenvalue weighted by Gasteiger charge is 2.33. The van der Waals surface area contributed by atoms with Crippen molar-refractivity contribution in [2.75, 3.05) is 6.54 Å². The minimum atomic E-state index is -0.418.